The smallest absolute Gasteiger partial charge is 0.168 e. The Morgan fingerprint density at radius 1 is 1.11 bits per heavy atom. The third-order valence-corrected chi connectivity index (χ3v) is 3.18. The first-order valence-electron chi connectivity index (χ1n) is 6.21. The molecule has 0 fully saturated rings. The monoisotopic (exact) mass is 251 g/mol. The molecule has 0 N–H and O–H groups in total. The number of hydrogen-bond donors (Lipinski definition) is 0. The van der Waals surface area contributed by atoms with E-state index < -0.39 is 0 Å². The second kappa shape index (κ2) is 4.65. The van der Waals surface area contributed by atoms with Crippen LogP contribution in [-0.2, 0) is 6.42 Å². The van der Waals surface area contributed by atoms with Gasteiger partial charge in [-0.1, -0.05) is 31.2 Å². The van der Waals surface area contributed by atoms with Gasteiger partial charge < -0.3 is 0 Å². The number of rotatable bonds is 3. The molecule has 2 heterocycles. The number of fused-ring (bicyclic) bond motifs is 1. The highest BCUT2D eigenvalue weighted by Gasteiger charge is 2.08. The lowest BCUT2D eigenvalue weighted by Crippen LogP contribution is -1.92. The zero-order chi connectivity index (χ0) is 13.2. The van der Waals surface area contributed by atoms with Gasteiger partial charge in [0.25, 0.3) is 0 Å². The molecule has 0 unspecified atom stereocenters. The minimum absolute atomic E-state index is 0.610. The van der Waals surface area contributed by atoms with Crippen LogP contribution in [0.5, 0.6) is 0 Å². The van der Waals surface area contributed by atoms with Crippen LogP contribution in [0.2, 0.25) is 0 Å². The Kier molecular flexibility index (Phi) is 2.83. The van der Waals surface area contributed by atoms with Gasteiger partial charge in [-0.3, -0.25) is 9.20 Å². The molecule has 0 spiro atoms. The van der Waals surface area contributed by atoms with Crippen LogP contribution in [0.1, 0.15) is 22.8 Å². The predicted molar refractivity (Wildman–Crippen MR) is 73.2 cm³/mol. The van der Waals surface area contributed by atoms with Crippen LogP contribution >= 0.6 is 0 Å². The Balaban J connectivity index is 2.15. The normalized spacial score (nSPS) is 10.8. The van der Waals surface area contributed by atoms with Crippen LogP contribution in [0.4, 0.5) is 0 Å². The van der Waals surface area contributed by atoms with Crippen molar-refractivity contribution in [2.24, 2.45) is 0 Å². The molecule has 2 aromatic heterocycles. The van der Waals surface area contributed by atoms with E-state index >= 15 is 0 Å². The summed E-state index contributed by atoms with van der Waals surface area (Å²) in [5.41, 5.74) is 3.62. The summed E-state index contributed by atoms with van der Waals surface area (Å²) in [6, 6.07) is 11.8. The third kappa shape index (κ3) is 2.01. The van der Waals surface area contributed by atoms with Crippen LogP contribution in [0.25, 0.3) is 17.0 Å². The zero-order valence-corrected chi connectivity index (χ0v) is 10.6. The lowest BCUT2D eigenvalue weighted by molar-refractivity contribution is 0.112. The van der Waals surface area contributed by atoms with Crippen molar-refractivity contribution in [2.75, 3.05) is 0 Å². The zero-order valence-electron chi connectivity index (χ0n) is 10.6. The summed E-state index contributed by atoms with van der Waals surface area (Å²) in [7, 11) is 0. The first kappa shape index (κ1) is 11.6. The highest BCUT2D eigenvalue weighted by Crippen LogP contribution is 2.19. The van der Waals surface area contributed by atoms with E-state index in [4.69, 9.17) is 0 Å². The van der Waals surface area contributed by atoms with E-state index in [9.17, 15) is 4.79 Å². The van der Waals surface area contributed by atoms with Gasteiger partial charge in [-0.05, 0) is 24.1 Å². The molecule has 0 aliphatic heterocycles. The predicted octanol–water partition coefficient (Wildman–Crippen LogP) is 2.77. The highest BCUT2D eigenvalue weighted by atomic mass is 16.1. The van der Waals surface area contributed by atoms with E-state index in [0.29, 0.717) is 5.56 Å². The standard InChI is InChI=1S/C15H13N3O/c1-2-11-3-6-13(7-4-11)15-17-16-14-8-5-12(10-19)9-18(14)15/h3-10H,2H2,1H3. The van der Waals surface area contributed by atoms with Gasteiger partial charge in [-0.2, -0.15) is 0 Å². The topological polar surface area (TPSA) is 47.3 Å². The second-order valence-corrected chi connectivity index (χ2v) is 4.38. The first-order chi connectivity index (χ1) is 9.31. The van der Waals surface area contributed by atoms with Crippen LogP contribution in [0.3, 0.4) is 0 Å². The molecule has 1 aromatic carbocycles. The van der Waals surface area contributed by atoms with Crippen molar-refractivity contribution in [1.82, 2.24) is 14.6 Å². The Bertz CT molecular complexity index is 729. The van der Waals surface area contributed by atoms with Crippen molar-refractivity contribution in [2.45, 2.75) is 13.3 Å². The number of carbonyl (C=O) groups excluding carboxylic acids is 1. The van der Waals surface area contributed by atoms with Crippen LogP contribution < -0.4 is 0 Å². The fraction of sp³-hybridized carbons (Fsp3) is 0.133. The van der Waals surface area contributed by atoms with E-state index in [0.717, 1.165) is 29.7 Å². The molecule has 0 amide bonds. The summed E-state index contributed by atoms with van der Waals surface area (Å²) >= 11 is 0. The molecule has 94 valence electrons. The van der Waals surface area contributed by atoms with Gasteiger partial charge >= 0.3 is 0 Å². The number of aryl methyl sites for hydroxylation is 1. The molecule has 0 atom stereocenters. The van der Waals surface area contributed by atoms with Crippen LogP contribution in [0.15, 0.2) is 42.6 Å². The molecule has 3 aromatic rings. The van der Waals surface area contributed by atoms with Crippen molar-refractivity contribution in [3.8, 4) is 11.4 Å². The molecule has 4 nitrogen and oxygen atoms in total. The highest BCUT2D eigenvalue weighted by molar-refractivity contribution is 5.75. The van der Waals surface area contributed by atoms with Crippen molar-refractivity contribution in [3.05, 3.63) is 53.7 Å². The average molecular weight is 251 g/mol. The molecule has 19 heavy (non-hydrogen) atoms. The number of carbonyl (C=O) groups is 1. The maximum atomic E-state index is 10.8. The quantitative estimate of drug-likeness (QED) is 0.672. The van der Waals surface area contributed by atoms with E-state index in [1.54, 1.807) is 18.3 Å². The number of hydrogen-bond acceptors (Lipinski definition) is 3. The maximum Gasteiger partial charge on any atom is 0.168 e. The van der Waals surface area contributed by atoms with E-state index in [1.165, 1.54) is 5.56 Å². The van der Waals surface area contributed by atoms with Crippen molar-refractivity contribution in [1.29, 1.82) is 0 Å². The lowest BCUT2D eigenvalue weighted by Gasteiger charge is -2.02. The van der Waals surface area contributed by atoms with Gasteiger partial charge in [-0.15, -0.1) is 10.2 Å². The lowest BCUT2D eigenvalue weighted by atomic mass is 10.1. The van der Waals surface area contributed by atoms with Gasteiger partial charge in [0.15, 0.2) is 17.8 Å². The van der Waals surface area contributed by atoms with Gasteiger partial charge in [0.2, 0.25) is 0 Å². The van der Waals surface area contributed by atoms with Crippen LogP contribution in [-0.4, -0.2) is 20.9 Å². The summed E-state index contributed by atoms with van der Waals surface area (Å²) in [5.74, 6) is 0.751. The fourth-order valence-electron chi connectivity index (χ4n) is 2.06. The summed E-state index contributed by atoms with van der Waals surface area (Å²) in [5, 5.41) is 8.30. The van der Waals surface area contributed by atoms with Crippen molar-refractivity contribution in [3.63, 3.8) is 0 Å². The molecule has 0 radical (unpaired) electrons. The summed E-state index contributed by atoms with van der Waals surface area (Å²) in [6.07, 6.45) is 3.59. The number of pyridine rings is 1. The van der Waals surface area contributed by atoms with Gasteiger partial charge in [-0.25, -0.2) is 0 Å². The molecule has 0 saturated heterocycles. The molecule has 3 rings (SSSR count). The number of aldehydes is 1. The Hall–Kier alpha value is -2.49. The van der Waals surface area contributed by atoms with Gasteiger partial charge in [0.05, 0.1) is 0 Å². The van der Waals surface area contributed by atoms with E-state index in [2.05, 4.69) is 29.3 Å². The Morgan fingerprint density at radius 2 is 1.89 bits per heavy atom. The Morgan fingerprint density at radius 3 is 2.58 bits per heavy atom. The first-order valence-corrected chi connectivity index (χ1v) is 6.21. The number of aromatic nitrogens is 3. The molecule has 0 aliphatic rings. The summed E-state index contributed by atoms with van der Waals surface area (Å²) in [4.78, 5) is 10.8. The summed E-state index contributed by atoms with van der Waals surface area (Å²) in [6.45, 7) is 2.12. The fourth-order valence-corrected chi connectivity index (χ4v) is 2.06. The molecule has 0 saturated carbocycles. The molecular weight excluding hydrogens is 238 g/mol. The third-order valence-electron chi connectivity index (χ3n) is 3.18. The molecule has 0 aliphatic carbocycles. The van der Waals surface area contributed by atoms with Crippen molar-refractivity contribution >= 4 is 11.9 Å². The average Bonchev–Trinajstić information content (AvgIpc) is 2.90. The van der Waals surface area contributed by atoms with Crippen LogP contribution in [0, 0.1) is 0 Å². The summed E-state index contributed by atoms with van der Waals surface area (Å²) < 4.78 is 1.84. The molecular formula is C15H13N3O. The SMILES string of the molecule is CCc1ccc(-c2nnc3ccc(C=O)cn23)cc1. The largest absolute Gasteiger partial charge is 0.298 e. The second-order valence-electron chi connectivity index (χ2n) is 4.38. The number of benzene rings is 1. The van der Waals surface area contributed by atoms with E-state index in [1.807, 2.05) is 16.5 Å². The van der Waals surface area contributed by atoms with Gasteiger partial charge in [0.1, 0.15) is 0 Å². The minimum atomic E-state index is 0.610. The number of nitrogens with zero attached hydrogens (tertiary/aromatic N) is 3. The molecule has 4 heteroatoms. The minimum Gasteiger partial charge on any atom is -0.298 e. The van der Waals surface area contributed by atoms with Crippen molar-refractivity contribution < 1.29 is 4.79 Å². The van der Waals surface area contributed by atoms with Gasteiger partial charge in [0, 0.05) is 17.3 Å². The van der Waals surface area contributed by atoms with E-state index in [-0.39, 0.29) is 0 Å². The maximum absolute atomic E-state index is 10.8. The molecule has 0 bridgehead atoms. The Labute approximate surface area is 110 Å².